The van der Waals surface area contributed by atoms with Gasteiger partial charge in [-0.2, -0.15) is 0 Å². The lowest BCUT2D eigenvalue weighted by Crippen LogP contribution is -2.27. The molecule has 4 heteroatoms. The number of amides is 1. The van der Waals surface area contributed by atoms with Gasteiger partial charge in [-0.15, -0.1) is 0 Å². The van der Waals surface area contributed by atoms with E-state index in [1.807, 2.05) is 0 Å². The third-order valence-electron chi connectivity index (χ3n) is 1.70. The van der Waals surface area contributed by atoms with E-state index in [1.54, 1.807) is 18.2 Å². The molecule has 80 valence electrons. The first-order valence-corrected chi connectivity index (χ1v) is 4.58. The largest absolute Gasteiger partial charge is 0.310 e. The predicted octanol–water partition coefficient (Wildman–Crippen LogP) is 0.651. The van der Waals surface area contributed by atoms with Crippen molar-refractivity contribution in [2.75, 3.05) is 0 Å². The van der Waals surface area contributed by atoms with Crippen LogP contribution in [0.2, 0.25) is 0 Å². The highest BCUT2D eigenvalue weighted by Gasteiger charge is 2.10. The standard InChI is InChI=1S/C12H9NO3/c14-11(12(15)13-16)9-5-4-8-10-6-2-1-3-7-10/h1-2,6,16H,5,9H2,(H,13,15). The Hall–Kier alpha value is -2.30. The topological polar surface area (TPSA) is 66.4 Å². The molecule has 0 atom stereocenters. The van der Waals surface area contributed by atoms with Gasteiger partial charge in [0.15, 0.2) is 0 Å². The van der Waals surface area contributed by atoms with Crippen LogP contribution in [-0.4, -0.2) is 16.9 Å². The second-order valence-electron chi connectivity index (χ2n) is 2.87. The van der Waals surface area contributed by atoms with Gasteiger partial charge in [0.05, 0.1) is 5.57 Å². The molecule has 0 aromatic carbocycles. The van der Waals surface area contributed by atoms with Crippen molar-refractivity contribution < 1.29 is 14.8 Å². The fraction of sp³-hybridized carbons (Fsp3) is 0.167. The van der Waals surface area contributed by atoms with Crippen LogP contribution in [0.5, 0.6) is 0 Å². The summed E-state index contributed by atoms with van der Waals surface area (Å²) in [5.74, 6) is 3.79. The number of Topliss-reactive ketones (excluding diaryl/α,β-unsaturated/α-hetero) is 1. The van der Waals surface area contributed by atoms with Crippen LogP contribution in [0.1, 0.15) is 12.8 Å². The minimum atomic E-state index is -1.01. The van der Waals surface area contributed by atoms with E-state index >= 15 is 0 Å². The van der Waals surface area contributed by atoms with Crippen molar-refractivity contribution in [3.05, 3.63) is 35.3 Å². The molecule has 0 aliphatic heterocycles. The van der Waals surface area contributed by atoms with Gasteiger partial charge in [0.1, 0.15) is 0 Å². The normalized spacial score (nSPS) is 11.4. The third kappa shape index (κ3) is 3.83. The van der Waals surface area contributed by atoms with E-state index in [0.717, 1.165) is 0 Å². The Morgan fingerprint density at radius 3 is 2.94 bits per heavy atom. The minimum Gasteiger partial charge on any atom is -0.289 e. The molecular weight excluding hydrogens is 206 g/mol. The second-order valence-corrected chi connectivity index (χ2v) is 2.87. The predicted molar refractivity (Wildman–Crippen MR) is 56.2 cm³/mol. The number of hydroxylamine groups is 1. The maximum atomic E-state index is 10.9. The summed E-state index contributed by atoms with van der Waals surface area (Å²) < 4.78 is 0. The van der Waals surface area contributed by atoms with Crippen molar-refractivity contribution in [1.29, 1.82) is 0 Å². The Labute approximate surface area is 92.6 Å². The van der Waals surface area contributed by atoms with E-state index < -0.39 is 11.7 Å². The van der Waals surface area contributed by atoms with E-state index in [1.165, 1.54) is 5.48 Å². The SMILES string of the molecule is O=C(CCC#CC1=C=C=CC=C1)C(=O)NO. The summed E-state index contributed by atoms with van der Waals surface area (Å²) in [6, 6.07) is 0. The summed E-state index contributed by atoms with van der Waals surface area (Å²) >= 11 is 0. The second kappa shape index (κ2) is 6.23. The number of rotatable bonds is 3. The molecule has 0 saturated carbocycles. The monoisotopic (exact) mass is 215 g/mol. The van der Waals surface area contributed by atoms with Gasteiger partial charge in [0.25, 0.3) is 0 Å². The lowest BCUT2D eigenvalue weighted by atomic mass is 10.2. The average Bonchev–Trinajstić information content (AvgIpc) is 2.34. The van der Waals surface area contributed by atoms with Crippen LogP contribution in [0.25, 0.3) is 0 Å². The third-order valence-corrected chi connectivity index (χ3v) is 1.70. The van der Waals surface area contributed by atoms with Gasteiger partial charge in [0.2, 0.25) is 5.78 Å². The summed E-state index contributed by atoms with van der Waals surface area (Å²) in [7, 11) is 0. The summed E-state index contributed by atoms with van der Waals surface area (Å²) in [5, 5.41) is 8.17. The molecule has 0 fully saturated rings. The molecule has 1 amide bonds. The van der Waals surface area contributed by atoms with E-state index in [0.29, 0.717) is 5.57 Å². The van der Waals surface area contributed by atoms with Gasteiger partial charge in [-0.25, -0.2) is 5.48 Å². The Morgan fingerprint density at radius 2 is 2.31 bits per heavy atom. The number of allylic oxidation sites excluding steroid dienone is 4. The number of carbonyl (C=O) groups excluding carboxylic acids is 2. The van der Waals surface area contributed by atoms with Crippen molar-refractivity contribution in [3.8, 4) is 11.8 Å². The zero-order valence-corrected chi connectivity index (χ0v) is 8.41. The molecule has 0 saturated heterocycles. The molecule has 1 aliphatic rings. The molecule has 0 aromatic rings. The van der Waals surface area contributed by atoms with E-state index in [9.17, 15) is 9.59 Å². The molecule has 0 radical (unpaired) electrons. The number of nitrogens with one attached hydrogen (secondary N) is 1. The maximum Gasteiger partial charge on any atom is 0.310 e. The number of hydrogen-bond donors (Lipinski definition) is 2. The average molecular weight is 215 g/mol. The lowest BCUT2D eigenvalue weighted by molar-refractivity contribution is -0.143. The molecule has 0 bridgehead atoms. The fourth-order valence-electron chi connectivity index (χ4n) is 0.936. The van der Waals surface area contributed by atoms with Crippen LogP contribution in [0, 0.1) is 11.8 Å². The molecule has 0 aromatic heterocycles. The summed E-state index contributed by atoms with van der Waals surface area (Å²) in [6.07, 6.45) is 5.50. The van der Waals surface area contributed by atoms with Crippen LogP contribution in [-0.2, 0) is 9.59 Å². The highest BCUT2D eigenvalue weighted by atomic mass is 16.5. The molecule has 2 N–H and O–H groups in total. The van der Waals surface area contributed by atoms with Gasteiger partial charge in [-0.05, 0) is 12.2 Å². The summed E-state index contributed by atoms with van der Waals surface area (Å²) in [6.45, 7) is 0. The molecule has 16 heavy (non-hydrogen) atoms. The van der Waals surface area contributed by atoms with Crippen molar-refractivity contribution in [3.63, 3.8) is 0 Å². The lowest BCUT2D eigenvalue weighted by Gasteiger charge is -1.93. The molecule has 0 unspecified atom stereocenters. The zero-order valence-electron chi connectivity index (χ0n) is 8.41. The molecule has 1 rings (SSSR count). The first-order valence-electron chi connectivity index (χ1n) is 4.58. The fourth-order valence-corrected chi connectivity index (χ4v) is 0.936. The van der Waals surface area contributed by atoms with Crippen LogP contribution >= 0.6 is 0 Å². The Morgan fingerprint density at radius 1 is 1.50 bits per heavy atom. The van der Waals surface area contributed by atoms with Crippen molar-refractivity contribution in [2.24, 2.45) is 0 Å². The molecule has 0 heterocycles. The smallest absolute Gasteiger partial charge is 0.289 e. The highest BCUT2D eigenvalue weighted by Crippen LogP contribution is 1.97. The van der Waals surface area contributed by atoms with Gasteiger partial charge in [-0.3, -0.25) is 14.8 Å². The van der Waals surface area contributed by atoms with Crippen LogP contribution in [0.3, 0.4) is 0 Å². The maximum absolute atomic E-state index is 10.9. The van der Waals surface area contributed by atoms with E-state index in [2.05, 4.69) is 23.3 Å². The first-order chi connectivity index (χ1) is 7.74. The zero-order chi connectivity index (χ0) is 11.8. The number of hydrogen-bond acceptors (Lipinski definition) is 3. The highest BCUT2D eigenvalue weighted by molar-refractivity contribution is 6.35. The van der Waals surface area contributed by atoms with Crippen LogP contribution in [0.15, 0.2) is 35.3 Å². The van der Waals surface area contributed by atoms with Crippen molar-refractivity contribution >= 4 is 11.7 Å². The Kier molecular flexibility index (Phi) is 4.59. The molecule has 4 nitrogen and oxygen atoms in total. The summed E-state index contributed by atoms with van der Waals surface area (Å²) in [5.41, 5.74) is 7.49. The van der Waals surface area contributed by atoms with Crippen molar-refractivity contribution in [1.82, 2.24) is 5.48 Å². The van der Waals surface area contributed by atoms with E-state index in [4.69, 9.17) is 5.21 Å². The Bertz CT molecular complexity index is 490. The Balaban J connectivity index is 2.42. The molecular formula is C12H9NO3. The number of ketones is 1. The van der Waals surface area contributed by atoms with Crippen LogP contribution < -0.4 is 5.48 Å². The molecule has 0 spiro atoms. The van der Waals surface area contributed by atoms with Crippen molar-refractivity contribution in [2.45, 2.75) is 12.8 Å². The van der Waals surface area contributed by atoms with Crippen LogP contribution in [0.4, 0.5) is 0 Å². The van der Waals surface area contributed by atoms with Gasteiger partial charge in [-0.1, -0.05) is 29.4 Å². The van der Waals surface area contributed by atoms with Gasteiger partial charge in [0, 0.05) is 12.8 Å². The van der Waals surface area contributed by atoms with E-state index in [-0.39, 0.29) is 12.8 Å². The number of carbonyl (C=O) groups is 2. The minimum absolute atomic E-state index is 0.0179. The quantitative estimate of drug-likeness (QED) is 0.239. The van der Waals surface area contributed by atoms with Gasteiger partial charge < -0.3 is 0 Å². The van der Waals surface area contributed by atoms with Gasteiger partial charge >= 0.3 is 5.91 Å². The molecule has 1 aliphatic carbocycles. The summed E-state index contributed by atoms with van der Waals surface area (Å²) in [4.78, 5) is 21.5. The first kappa shape index (κ1) is 11.8.